The summed E-state index contributed by atoms with van der Waals surface area (Å²) in [6, 6.07) is 9.82. The molecule has 0 saturated carbocycles. The molecule has 1 heterocycles. The second kappa shape index (κ2) is 11.7. The van der Waals surface area contributed by atoms with Gasteiger partial charge in [0.1, 0.15) is 5.75 Å². The minimum absolute atomic E-state index is 0.0258. The van der Waals surface area contributed by atoms with E-state index in [0.717, 1.165) is 16.5 Å². The number of hydrogen-bond donors (Lipinski definition) is 4. The van der Waals surface area contributed by atoms with Crippen molar-refractivity contribution in [1.82, 2.24) is 0 Å². The lowest BCUT2D eigenvalue weighted by atomic mass is 9.68. The fraction of sp³-hybridized carbons (Fsp3) is 0.357. The topological polar surface area (TPSA) is 161 Å². The average molecular weight is 557 g/mol. The Morgan fingerprint density at radius 1 is 1.21 bits per heavy atom. The van der Waals surface area contributed by atoms with Crippen LogP contribution in [0.3, 0.4) is 0 Å². The molecule has 4 atom stereocenters. The number of nitro benzene ring substituents is 1. The van der Waals surface area contributed by atoms with Gasteiger partial charge in [0.2, 0.25) is 11.8 Å². The Balaban J connectivity index is 1.58. The van der Waals surface area contributed by atoms with Gasteiger partial charge in [0.15, 0.2) is 0 Å². The van der Waals surface area contributed by atoms with Crippen LogP contribution in [-0.2, 0) is 9.59 Å². The highest BCUT2D eigenvalue weighted by Crippen LogP contribution is 2.47. The van der Waals surface area contributed by atoms with E-state index in [1.807, 2.05) is 13.0 Å². The SMILES string of the molecule is C/C(=C\c1ccc(O)cc1Cl)CC[C@@H](O)C1=C(CO)C[C@H]2C(=O)N(c3cccc([N+](=O)[O-])c3)C(=O)[C@H]2[C@H]1CO. The number of phenols is 1. The number of phenolic OH excluding ortho intramolecular Hbond substituents is 1. The number of nitrogens with zero attached hydrogens (tertiary/aromatic N) is 2. The molecular weight excluding hydrogens is 528 g/mol. The summed E-state index contributed by atoms with van der Waals surface area (Å²) in [7, 11) is 0. The van der Waals surface area contributed by atoms with E-state index in [2.05, 4.69) is 0 Å². The summed E-state index contributed by atoms with van der Waals surface area (Å²) >= 11 is 6.18. The van der Waals surface area contributed by atoms with Crippen LogP contribution < -0.4 is 4.90 Å². The predicted molar refractivity (Wildman–Crippen MR) is 144 cm³/mol. The Kier molecular flexibility index (Phi) is 8.51. The number of allylic oxidation sites excluding steroid dienone is 1. The van der Waals surface area contributed by atoms with Crippen LogP contribution in [0, 0.1) is 27.9 Å². The van der Waals surface area contributed by atoms with Crippen molar-refractivity contribution in [2.24, 2.45) is 17.8 Å². The smallest absolute Gasteiger partial charge is 0.271 e. The number of fused-ring (bicyclic) bond motifs is 1. The van der Waals surface area contributed by atoms with Crippen LogP contribution in [0.15, 0.2) is 59.2 Å². The second-order valence-electron chi connectivity index (χ2n) is 9.88. The quantitative estimate of drug-likeness (QED) is 0.158. The highest BCUT2D eigenvalue weighted by atomic mass is 35.5. The number of benzene rings is 2. The Hall–Kier alpha value is -3.57. The fourth-order valence-corrected chi connectivity index (χ4v) is 5.83. The lowest BCUT2D eigenvalue weighted by Gasteiger charge is -2.36. The average Bonchev–Trinajstić information content (AvgIpc) is 3.16. The van der Waals surface area contributed by atoms with Crippen molar-refractivity contribution >= 4 is 40.9 Å². The van der Waals surface area contributed by atoms with E-state index < -0.39 is 53.8 Å². The number of hydrogen-bond acceptors (Lipinski definition) is 8. The minimum Gasteiger partial charge on any atom is -0.508 e. The number of aliphatic hydroxyl groups is 3. The maximum absolute atomic E-state index is 13.5. The van der Waals surface area contributed by atoms with Crippen molar-refractivity contribution in [3.63, 3.8) is 0 Å². The largest absolute Gasteiger partial charge is 0.508 e. The zero-order chi connectivity index (χ0) is 28.4. The molecule has 1 fully saturated rings. The fourth-order valence-electron chi connectivity index (χ4n) is 5.60. The summed E-state index contributed by atoms with van der Waals surface area (Å²) < 4.78 is 0. The molecule has 10 nitrogen and oxygen atoms in total. The molecule has 1 saturated heterocycles. The molecule has 1 aliphatic heterocycles. The molecule has 206 valence electrons. The number of amides is 2. The summed E-state index contributed by atoms with van der Waals surface area (Å²) in [5, 5.41) is 52.8. The first-order chi connectivity index (χ1) is 18.6. The third-order valence-corrected chi connectivity index (χ3v) is 7.75. The maximum atomic E-state index is 13.5. The van der Waals surface area contributed by atoms with Gasteiger partial charge in [0.25, 0.3) is 5.69 Å². The number of carbonyl (C=O) groups is 2. The third kappa shape index (κ3) is 5.60. The zero-order valence-corrected chi connectivity index (χ0v) is 21.9. The van der Waals surface area contributed by atoms with E-state index in [4.69, 9.17) is 11.6 Å². The van der Waals surface area contributed by atoms with Gasteiger partial charge in [-0.05, 0) is 67.2 Å². The van der Waals surface area contributed by atoms with Gasteiger partial charge < -0.3 is 20.4 Å². The van der Waals surface area contributed by atoms with Crippen molar-refractivity contribution in [2.45, 2.75) is 32.3 Å². The molecule has 39 heavy (non-hydrogen) atoms. The molecule has 2 aromatic rings. The maximum Gasteiger partial charge on any atom is 0.271 e. The van der Waals surface area contributed by atoms with Gasteiger partial charge in [-0.3, -0.25) is 19.7 Å². The molecular formula is C28H29ClN2O8. The molecule has 11 heteroatoms. The van der Waals surface area contributed by atoms with E-state index in [0.29, 0.717) is 28.2 Å². The molecule has 0 unspecified atom stereocenters. The molecule has 2 amide bonds. The minimum atomic E-state index is -1.10. The van der Waals surface area contributed by atoms with Crippen molar-refractivity contribution in [3.8, 4) is 5.75 Å². The van der Waals surface area contributed by atoms with E-state index >= 15 is 0 Å². The predicted octanol–water partition coefficient (Wildman–Crippen LogP) is 3.61. The van der Waals surface area contributed by atoms with Crippen LogP contribution >= 0.6 is 11.6 Å². The van der Waals surface area contributed by atoms with E-state index in [1.54, 1.807) is 6.07 Å². The van der Waals surface area contributed by atoms with Crippen molar-refractivity contribution in [3.05, 3.63) is 79.9 Å². The first kappa shape index (κ1) is 28.4. The molecule has 0 radical (unpaired) electrons. The van der Waals surface area contributed by atoms with Crippen LogP contribution in [-0.4, -0.2) is 56.5 Å². The molecule has 0 bridgehead atoms. The van der Waals surface area contributed by atoms with Crippen LogP contribution in [0.4, 0.5) is 11.4 Å². The standard InChI is InChI=1S/C28H29ClN2O8/c1-15(9-16-6-7-20(34)12-23(16)29)5-8-24(35)25-17(13-32)10-21-26(22(25)14-33)28(37)30(27(21)36)18-3-2-4-19(11-18)31(38)39/h2-4,6-7,9,11-12,21-22,24,26,32-35H,5,8,10,13-14H2,1H3/b15-9+/t21-,22+,24-,26-/m1/s1. The van der Waals surface area contributed by atoms with Gasteiger partial charge in [-0.25, -0.2) is 4.90 Å². The number of imide groups is 1. The third-order valence-electron chi connectivity index (χ3n) is 7.43. The van der Waals surface area contributed by atoms with Gasteiger partial charge in [-0.1, -0.05) is 29.3 Å². The lowest BCUT2D eigenvalue weighted by Crippen LogP contribution is -2.39. The molecule has 4 rings (SSSR count). The Labute approximate surface area is 229 Å². The van der Waals surface area contributed by atoms with Crippen LogP contribution in [0.25, 0.3) is 6.08 Å². The zero-order valence-electron chi connectivity index (χ0n) is 21.2. The van der Waals surface area contributed by atoms with Gasteiger partial charge >= 0.3 is 0 Å². The molecule has 0 aromatic heterocycles. The molecule has 4 N–H and O–H groups in total. The highest BCUT2D eigenvalue weighted by molar-refractivity contribution is 6.32. The monoisotopic (exact) mass is 556 g/mol. The second-order valence-corrected chi connectivity index (χ2v) is 10.3. The summed E-state index contributed by atoms with van der Waals surface area (Å²) in [5.74, 6) is -3.88. The van der Waals surface area contributed by atoms with E-state index in [-0.39, 0.29) is 30.0 Å². The van der Waals surface area contributed by atoms with E-state index in [1.165, 1.54) is 30.3 Å². The molecule has 2 aliphatic rings. The van der Waals surface area contributed by atoms with Crippen molar-refractivity contribution in [1.29, 1.82) is 0 Å². The van der Waals surface area contributed by atoms with Crippen LogP contribution in [0.5, 0.6) is 5.75 Å². The number of rotatable bonds is 9. The summed E-state index contributed by atoms with van der Waals surface area (Å²) in [4.78, 5) is 38.3. The van der Waals surface area contributed by atoms with Crippen molar-refractivity contribution < 1.29 is 34.9 Å². The first-order valence-electron chi connectivity index (χ1n) is 12.5. The van der Waals surface area contributed by atoms with Gasteiger partial charge in [-0.15, -0.1) is 0 Å². The number of non-ortho nitro benzene ring substituents is 1. The van der Waals surface area contributed by atoms with Crippen molar-refractivity contribution in [2.75, 3.05) is 18.1 Å². The number of aromatic hydroxyl groups is 1. The molecule has 0 spiro atoms. The lowest BCUT2D eigenvalue weighted by molar-refractivity contribution is -0.384. The Morgan fingerprint density at radius 3 is 2.59 bits per heavy atom. The number of halogens is 1. The van der Waals surface area contributed by atoms with Crippen LogP contribution in [0.2, 0.25) is 5.02 Å². The van der Waals surface area contributed by atoms with E-state index in [9.17, 15) is 40.1 Å². The normalized spacial score (nSPS) is 22.3. The molecule has 2 aromatic carbocycles. The molecule has 1 aliphatic carbocycles. The van der Waals surface area contributed by atoms with Gasteiger partial charge in [-0.2, -0.15) is 0 Å². The number of nitro groups is 1. The summed E-state index contributed by atoms with van der Waals surface area (Å²) in [5.41, 5.74) is 2.11. The highest BCUT2D eigenvalue weighted by Gasteiger charge is 2.55. The summed E-state index contributed by atoms with van der Waals surface area (Å²) in [6.07, 6.45) is 1.41. The van der Waals surface area contributed by atoms with Gasteiger partial charge in [0, 0.05) is 18.1 Å². The Morgan fingerprint density at radius 2 is 1.95 bits per heavy atom. The summed E-state index contributed by atoms with van der Waals surface area (Å²) in [6.45, 7) is 0.868. The number of aliphatic hydroxyl groups excluding tert-OH is 3. The van der Waals surface area contributed by atoms with Gasteiger partial charge in [0.05, 0.1) is 46.8 Å². The first-order valence-corrected chi connectivity index (χ1v) is 12.8. The van der Waals surface area contributed by atoms with Crippen LogP contribution in [0.1, 0.15) is 31.7 Å². The number of anilines is 1. The Bertz CT molecular complexity index is 1370. The number of carbonyl (C=O) groups excluding carboxylic acids is 2.